The lowest BCUT2D eigenvalue weighted by molar-refractivity contribution is 0.0155. The monoisotopic (exact) mass is 936 g/mol. The van der Waals surface area contributed by atoms with Crippen molar-refractivity contribution in [2.75, 3.05) is 92.4 Å². The zero-order valence-corrected chi connectivity index (χ0v) is 40.8. The summed E-state index contributed by atoms with van der Waals surface area (Å²) in [5.41, 5.74) is 12.9. The summed E-state index contributed by atoms with van der Waals surface area (Å²) in [5.74, 6) is 3.59. The predicted octanol–water partition coefficient (Wildman–Crippen LogP) is 10.0. The molecule has 9 rings (SSSR count). The van der Waals surface area contributed by atoms with E-state index >= 15 is 0 Å². The largest absolute Gasteiger partial charge is 0.493 e. The number of rotatable bonds is 9. The highest BCUT2D eigenvalue weighted by Crippen LogP contribution is 2.39. The van der Waals surface area contributed by atoms with Crippen LogP contribution in [0.1, 0.15) is 82.3 Å². The van der Waals surface area contributed by atoms with Gasteiger partial charge in [0.2, 0.25) is 0 Å². The molecule has 1 aliphatic carbocycles. The van der Waals surface area contributed by atoms with Gasteiger partial charge in [0.25, 0.3) is 0 Å². The van der Waals surface area contributed by atoms with Crippen LogP contribution < -0.4 is 18.9 Å². The van der Waals surface area contributed by atoms with E-state index in [1.54, 1.807) is 0 Å². The number of pyridine rings is 2. The number of hydrogen-bond acceptors (Lipinski definition) is 11. The lowest BCUT2D eigenvalue weighted by Gasteiger charge is -2.23. The van der Waals surface area contributed by atoms with Crippen LogP contribution >= 0.6 is 0 Å². The molecule has 2 aliphatic heterocycles. The van der Waals surface area contributed by atoms with Crippen LogP contribution in [-0.2, 0) is 51.2 Å². The van der Waals surface area contributed by atoms with Crippen LogP contribution in [0.3, 0.4) is 0 Å². The number of benzene rings is 4. The van der Waals surface area contributed by atoms with Crippen molar-refractivity contribution in [1.29, 1.82) is 0 Å². The highest BCUT2D eigenvalue weighted by molar-refractivity contribution is 5.57. The third-order valence-corrected chi connectivity index (χ3v) is 12.3. The molecular weight excluding hydrogens is 867 g/mol. The topological polar surface area (TPSA) is 103 Å². The predicted molar refractivity (Wildman–Crippen MR) is 270 cm³/mol. The standard InChI is InChI=1S/C58H69N3O8/c1-4-24-66-55-45-10-6-11-46(55)39-50-15-9-17-52-41-48-13-7-12-47(56(48)67-25-5-2)40-51-16-8-14-49(38-45)57(51)68-34-32-64-30-28-62-26-22-61(23-27-63-29-31-65-33-35-69-58(50)52)42-44-19-21-60-54(37-44)53-36-43(3)18-20-59-53/h6-21,36-37H,4-5,22-35,38-42H2,1-3H3. The Morgan fingerprint density at radius 1 is 0.464 bits per heavy atom. The van der Waals surface area contributed by atoms with Crippen molar-refractivity contribution in [1.82, 2.24) is 14.9 Å². The van der Waals surface area contributed by atoms with Crippen LogP contribution in [0, 0.1) is 6.92 Å². The zero-order chi connectivity index (χ0) is 47.5. The minimum absolute atomic E-state index is 0.394. The summed E-state index contributed by atoms with van der Waals surface area (Å²) in [7, 11) is 0. The minimum Gasteiger partial charge on any atom is -0.493 e. The molecule has 0 N–H and O–H groups in total. The van der Waals surface area contributed by atoms with Crippen molar-refractivity contribution < 1.29 is 37.9 Å². The van der Waals surface area contributed by atoms with Crippen LogP contribution in [-0.4, -0.2) is 107 Å². The maximum absolute atomic E-state index is 6.80. The van der Waals surface area contributed by atoms with Crippen molar-refractivity contribution >= 4 is 0 Å². The highest BCUT2D eigenvalue weighted by atomic mass is 16.6. The van der Waals surface area contributed by atoms with E-state index in [1.165, 1.54) is 0 Å². The second-order valence-electron chi connectivity index (χ2n) is 17.7. The number of ether oxygens (including phenoxy) is 8. The Labute approximate surface area is 409 Å². The molecule has 10 bridgehead atoms. The molecule has 0 amide bonds. The van der Waals surface area contributed by atoms with Gasteiger partial charge in [-0.05, 0) is 99.7 Å². The third-order valence-electron chi connectivity index (χ3n) is 12.3. The number of aromatic nitrogens is 2. The van der Waals surface area contributed by atoms with Gasteiger partial charge >= 0.3 is 0 Å². The van der Waals surface area contributed by atoms with E-state index in [1.807, 2.05) is 18.5 Å². The molecule has 3 aliphatic rings. The maximum Gasteiger partial charge on any atom is 0.126 e. The number of nitrogens with zero attached hydrogens (tertiary/aromatic N) is 3. The molecule has 0 atom stereocenters. The fourth-order valence-electron chi connectivity index (χ4n) is 8.99. The Morgan fingerprint density at radius 2 is 0.855 bits per heavy atom. The van der Waals surface area contributed by atoms with Crippen molar-refractivity contribution in [2.24, 2.45) is 0 Å². The normalized spacial score (nSPS) is 15.9. The quantitative estimate of drug-likeness (QED) is 0.129. The van der Waals surface area contributed by atoms with E-state index in [4.69, 9.17) is 37.9 Å². The first-order chi connectivity index (χ1) is 34.1. The summed E-state index contributed by atoms with van der Waals surface area (Å²) < 4.78 is 51.5. The molecule has 69 heavy (non-hydrogen) atoms. The van der Waals surface area contributed by atoms with E-state index in [0.29, 0.717) is 105 Å². The highest BCUT2D eigenvalue weighted by Gasteiger charge is 2.22. The number of hydrogen-bond donors (Lipinski definition) is 0. The molecule has 0 radical (unpaired) electrons. The van der Waals surface area contributed by atoms with Gasteiger partial charge in [-0.3, -0.25) is 14.9 Å². The Bertz CT molecular complexity index is 2330. The Morgan fingerprint density at radius 3 is 1.29 bits per heavy atom. The van der Waals surface area contributed by atoms with Gasteiger partial charge in [0.05, 0.1) is 77.5 Å². The average Bonchev–Trinajstić information content (AvgIpc) is 3.35. The fraction of sp³-hybridized carbons (Fsp3) is 0.414. The van der Waals surface area contributed by atoms with Gasteiger partial charge in [0.1, 0.15) is 36.2 Å². The summed E-state index contributed by atoms with van der Waals surface area (Å²) in [6, 6.07) is 34.3. The van der Waals surface area contributed by atoms with Gasteiger partial charge in [-0.2, -0.15) is 0 Å². The molecule has 0 saturated carbocycles. The summed E-state index contributed by atoms with van der Waals surface area (Å²) >= 11 is 0. The molecule has 4 heterocycles. The number of aryl methyl sites for hydroxylation is 1. The molecule has 11 nitrogen and oxygen atoms in total. The van der Waals surface area contributed by atoms with Crippen molar-refractivity contribution in [3.05, 3.63) is 165 Å². The Balaban J connectivity index is 1.07. The van der Waals surface area contributed by atoms with Crippen LogP contribution in [0.25, 0.3) is 11.4 Å². The summed E-state index contributed by atoms with van der Waals surface area (Å²) in [6.45, 7) is 14.4. The van der Waals surface area contributed by atoms with Gasteiger partial charge in [0, 0.05) is 57.7 Å². The maximum atomic E-state index is 6.80. The lowest BCUT2D eigenvalue weighted by atomic mass is 9.91. The third kappa shape index (κ3) is 14.1. The first kappa shape index (κ1) is 49.6. The first-order valence-electron chi connectivity index (χ1n) is 24.9. The summed E-state index contributed by atoms with van der Waals surface area (Å²) in [6.07, 6.45) is 8.04. The molecule has 0 unspecified atom stereocenters. The van der Waals surface area contributed by atoms with Crippen LogP contribution in [0.2, 0.25) is 0 Å². The number of fused-ring (bicyclic) bond motifs is 18. The number of para-hydroxylation sites is 4. The van der Waals surface area contributed by atoms with Crippen LogP contribution in [0.5, 0.6) is 23.0 Å². The molecule has 0 fully saturated rings. The van der Waals surface area contributed by atoms with Gasteiger partial charge in [-0.15, -0.1) is 0 Å². The Kier molecular flexibility index (Phi) is 18.9. The second-order valence-corrected chi connectivity index (χ2v) is 17.7. The molecule has 0 spiro atoms. The lowest BCUT2D eigenvalue weighted by Crippen LogP contribution is -2.31. The van der Waals surface area contributed by atoms with Crippen molar-refractivity contribution in [3.8, 4) is 34.4 Å². The molecule has 364 valence electrons. The second kappa shape index (κ2) is 26.2. The minimum atomic E-state index is 0.394. The summed E-state index contributed by atoms with van der Waals surface area (Å²) in [5, 5.41) is 0. The van der Waals surface area contributed by atoms with Gasteiger partial charge in [-0.25, -0.2) is 0 Å². The summed E-state index contributed by atoms with van der Waals surface area (Å²) in [4.78, 5) is 11.5. The van der Waals surface area contributed by atoms with Crippen molar-refractivity contribution in [3.63, 3.8) is 0 Å². The van der Waals surface area contributed by atoms with E-state index in [2.05, 4.69) is 127 Å². The first-order valence-corrected chi connectivity index (χ1v) is 24.9. The van der Waals surface area contributed by atoms with E-state index in [9.17, 15) is 0 Å². The van der Waals surface area contributed by atoms with Crippen molar-refractivity contribution in [2.45, 2.75) is 65.8 Å². The molecule has 2 aromatic heterocycles. The fourth-order valence-corrected chi connectivity index (χ4v) is 8.99. The van der Waals surface area contributed by atoms with E-state index < -0.39 is 0 Å². The Hall–Kier alpha value is -5.82. The molecule has 11 heteroatoms. The van der Waals surface area contributed by atoms with Gasteiger partial charge < -0.3 is 37.9 Å². The zero-order valence-electron chi connectivity index (χ0n) is 40.8. The average molecular weight is 936 g/mol. The SMILES string of the molecule is CCCOc1c2cccc1Cc1cccc3c1OCCOCCOCCN(Cc1ccnc(-c4cc(C)ccn4)c1)CCOCCOCCOc1c(cccc1Cc1cccc(c1OCCC)C3)C2. The molecule has 0 saturated heterocycles. The van der Waals surface area contributed by atoms with Crippen LogP contribution in [0.15, 0.2) is 109 Å². The smallest absolute Gasteiger partial charge is 0.126 e. The van der Waals surface area contributed by atoms with Gasteiger partial charge in [-0.1, -0.05) is 86.6 Å². The molecular formula is C58H69N3O8. The van der Waals surface area contributed by atoms with Gasteiger partial charge in [0.15, 0.2) is 0 Å². The van der Waals surface area contributed by atoms with E-state index in [-0.39, 0.29) is 0 Å². The molecule has 6 aromatic rings. The van der Waals surface area contributed by atoms with Crippen LogP contribution in [0.4, 0.5) is 0 Å². The van der Waals surface area contributed by atoms with E-state index in [0.717, 1.165) is 122 Å². The molecule has 4 aromatic carbocycles.